The normalized spacial score (nSPS) is 11.4. The lowest BCUT2D eigenvalue weighted by molar-refractivity contribution is 0.331. The van der Waals surface area contributed by atoms with E-state index in [1.807, 2.05) is 6.92 Å². The Balaban J connectivity index is 1.94. The van der Waals surface area contributed by atoms with E-state index in [0.29, 0.717) is 23.2 Å². The lowest BCUT2D eigenvalue weighted by Gasteiger charge is -2.10. The Bertz CT molecular complexity index is 973. The van der Waals surface area contributed by atoms with Crippen LogP contribution in [-0.4, -0.2) is 20.0 Å². The molecule has 1 aromatic heterocycles. The van der Waals surface area contributed by atoms with E-state index < -0.39 is 10.0 Å². The number of nitrogens with one attached hydrogen (secondary N) is 1. The molecular weight excluding hydrogens is 348 g/mol. The summed E-state index contributed by atoms with van der Waals surface area (Å²) in [7, 11) is -3.67. The van der Waals surface area contributed by atoms with Crippen molar-refractivity contribution in [1.82, 2.24) is 4.98 Å². The third-order valence-electron chi connectivity index (χ3n) is 3.39. The second kappa shape index (κ2) is 6.67. The van der Waals surface area contributed by atoms with E-state index in [9.17, 15) is 8.42 Å². The molecule has 0 atom stereocenters. The van der Waals surface area contributed by atoms with E-state index in [2.05, 4.69) is 9.71 Å². The number of hydrogen-bond acceptors (Lipinski definition) is 4. The lowest BCUT2D eigenvalue weighted by Crippen LogP contribution is -2.12. The first-order valence-electron chi connectivity index (χ1n) is 7.29. The highest BCUT2D eigenvalue weighted by atomic mass is 35.5. The van der Waals surface area contributed by atoms with Crippen LogP contribution in [0.1, 0.15) is 6.92 Å². The van der Waals surface area contributed by atoms with E-state index >= 15 is 0 Å². The Morgan fingerprint density at radius 2 is 1.88 bits per heavy atom. The molecular formula is C17H15ClN2O3S. The van der Waals surface area contributed by atoms with Gasteiger partial charge in [-0.3, -0.25) is 4.72 Å². The molecule has 0 saturated carbocycles. The number of hydrogen-bond donors (Lipinski definition) is 1. The van der Waals surface area contributed by atoms with Crippen molar-refractivity contribution in [1.29, 1.82) is 0 Å². The SMILES string of the molecule is CCOc1nccc2cc(NS(=O)(=O)c3ccc(Cl)cc3)ccc12. The van der Waals surface area contributed by atoms with Gasteiger partial charge in [-0.2, -0.15) is 0 Å². The zero-order valence-corrected chi connectivity index (χ0v) is 14.4. The van der Waals surface area contributed by atoms with Crippen molar-refractivity contribution in [3.05, 3.63) is 59.8 Å². The zero-order chi connectivity index (χ0) is 17.2. The number of sulfonamides is 1. The highest BCUT2D eigenvalue weighted by Crippen LogP contribution is 2.27. The van der Waals surface area contributed by atoms with Crippen LogP contribution >= 0.6 is 11.6 Å². The Labute approximate surface area is 145 Å². The van der Waals surface area contributed by atoms with Gasteiger partial charge in [0.1, 0.15) is 0 Å². The number of pyridine rings is 1. The topological polar surface area (TPSA) is 68.3 Å². The minimum Gasteiger partial charge on any atom is -0.478 e. The first-order chi connectivity index (χ1) is 11.5. The van der Waals surface area contributed by atoms with Crippen LogP contribution in [0, 0.1) is 0 Å². The Hall–Kier alpha value is -2.31. The fourth-order valence-corrected chi connectivity index (χ4v) is 3.47. The highest BCUT2D eigenvalue weighted by Gasteiger charge is 2.14. The fraction of sp³-hybridized carbons (Fsp3) is 0.118. The van der Waals surface area contributed by atoms with Crippen LogP contribution in [0.2, 0.25) is 5.02 Å². The van der Waals surface area contributed by atoms with E-state index in [-0.39, 0.29) is 4.90 Å². The van der Waals surface area contributed by atoms with Crippen molar-refractivity contribution in [2.75, 3.05) is 11.3 Å². The highest BCUT2D eigenvalue weighted by molar-refractivity contribution is 7.92. The van der Waals surface area contributed by atoms with Gasteiger partial charge in [-0.25, -0.2) is 13.4 Å². The maximum absolute atomic E-state index is 12.4. The van der Waals surface area contributed by atoms with Crippen molar-refractivity contribution in [2.45, 2.75) is 11.8 Å². The van der Waals surface area contributed by atoms with Gasteiger partial charge in [0.2, 0.25) is 5.88 Å². The van der Waals surface area contributed by atoms with Gasteiger partial charge >= 0.3 is 0 Å². The van der Waals surface area contributed by atoms with Crippen molar-refractivity contribution in [3.63, 3.8) is 0 Å². The molecule has 0 bridgehead atoms. The van der Waals surface area contributed by atoms with Gasteiger partial charge in [-0.05, 0) is 60.8 Å². The predicted molar refractivity (Wildman–Crippen MR) is 95.2 cm³/mol. The molecule has 3 rings (SSSR count). The average molecular weight is 363 g/mol. The smallest absolute Gasteiger partial charge is 0.261 e. The van der Waals surface area contributed by atoms with E-state index in [1.165, 1.54) is 24.3 Å². The van der Waals surface area contributed by atoms with Crippen molar-refractivity contribution in [3.8, 4) is 5.88 Å². The summed E-state index contributed by atoms with van der Waals surface area (Å²) in [4.78, 5) is 4.33. The van der Waals surface area contributed by atoms with Crippen LogP contribution in [0.5, 0.6) is 5.88 Å². The molecule has 0 spiro atoms. The molecule has 0 unspecified atom stereocenters. The molecule has 1 N–H and O–H groups in total. The van der Waals surface area contributed by atoms with E-state index in [4.69, 9.17) is 16.3 Å². The number of benzene rings is 2. The van der Waals surface area contributed by atoms with E-state index in [1.54, 1.807) is 30.5 Å². The number of ether oxygens (including phenoxy) is 1. The molecule has 0 saturated heterocycles. The van der Waals surface area contributed by atoms with Crippen LogP contribution in [0.15, 0.2) is 59.6 Å². The molecule has 24 heavy (non-hydrogen) atoms. The van der Waals surface area contributed by atoms with Gasteiger partial charge < -0.3 is 4.74 Å². The number of nitrogens with zero attached hydrogens (tertiary/aromatic N) is 1. The van der Waals surface area contributed by atoms with Gasteiger partial charge in [-0.1, -0.05) is 11.6 Å². The molecule has 0 aliphatic heterocycles. The van der Waals surface area contributed by atoms with Crippen molar-refractivity contribution in [2.24, 2.45) is 0 Å². The zero-order valence-electron chi connectivity index (χ0n) is 12.9. The Kier molecular flexibility index (Phi) is 4.59. The second-order valence-corrected chi connectivity index (χ2v) is 7.16. The maximum atomic E-state index is 12.4. The molecule has 0 aliphatic carbocycles. The van der Waals surface area contributed by atoms with Crippen molar-refractivity contribution < 1.29 is 13.2 Å². The molecule has 0 radical (unpaired) electrons. The van der Waals surface area contributed by atoms with Gasteiger partial charge in [0.25, 0.3) is 10.0 Å². The molecule has 0 fully saturated rings. The molecule has 5 nitrogen and oxygen atoms in total. The molecule has 7 heteroatoms. The van der Waals surface area contributed by atoms with Crippen LogP contribution in [0.3, 0.4) is 0 Å². The number of rotatable bonds is 5. The molecule has 124 valence electrons. The number of halogens is 1. The van der Waals surface area contributed by atoms with Gasteiger partial charge in [-0.15, -0.1) is 0 Å². The minimum absolute atomic E-state index is 0.150. The quantitative estimate of drug-likeness (QED) is 0.742. The summed E-state index contributed by atoms with van der Waals surface area (Å²) in [6.07, 6.45) is 1.63. The second-order valence-electron chi connectivity index (χ2n) is 5.04. The largest absolute Gasteiger partial charge is 0.478 e. The molecule has 0 amide bonds. The fourth-order valence-electron chi connectivity index (χ4n) is 2.29. The summed E-state index contributed by atoms with van der Waals surface area (Å²) in [5.41, 5.74) is 0.464. The summed E-state index contributed by atoms with van der Waals surface area (Å²) >= 11 is 5.79. The monoisotopic (exact) mass is 362 g/mol. The van der Waals surface area contributed by atoms with Gasteiger partial charge in [0, 0.05) is 22.3 Å². The van der Waals surface area contributed by atoms with Crippen LogP contribution in [0.25, 0.3) is 10.8 Å². The number of aromatic nitrogens is 1. The Morgan fingerprint density at radius 3 is 2.58 bits per heavy atom. The molecule has 3 aromatic rings. The number of anilines is 1. The molecule has 2 aromatic carbocycles. The van der Waals surface area contributed by atoms with Crippen molar-refractivity contribution >= 4 is 38.1 Å². The van der Waals surface area contributed by atoms with E-state index in [0.717, 1.165) is 10.8 Å². The summed E-state index contributed by atoms with van der Waals surface area (Å²) in [6.45, 7) is 2.40. The van der Waals surface area contributed by atoms with Gasteiger partial charge in [0.05, 0.1) is 11.5 Å². The van der Waals surface area contributed by atoms with Gasteiger partial charge in [0.15, 0.2) is 0 Å². The average Bonchev–Trinajstić information content (AvgIpc) is 2.55. The summed E-state index contributed by atoms with van der Waals surface area (Å²) < 4.78 is 32.9. The first-order valence-corrected chi connectivity index (χ1v) is 9.15. The summed E-state index contributed by atoms with van der Waals surface area (Å²) in [6, 6.07) is 13.0. The molecule has 1 heterocycles. The third kappa shape index (κ3) is 3.44. The number of fused-ring (bicyclic) bond motifs is 1. The standard InChI is InChI=1S/C17H15ClN2O3S/c1-2-23-17-16-8-5-14(11-12(16)9-10-19-17)20-24(21,22)15-6-3-13(18)4-7-15/h3-11,20H,2H2,1H3. The Morgan fingerprint density at radius 1 is 1.12 bits per heavy atom. The lowest BCUT2D eigenvalue weighted by atomic mass is 10.1. The first kappa shape index (κ1) is 16.5. The molecule has 0 aliphatic rings. The van der Waals surface area contributed by atoms with Crippen LogP contribution in [-0.2, 0) is 10.0 Å². The predicted octanol–water partition coefficient (Wildman–Crippen LogP) is 4.09. The maximum Gasteiger partial charge on any atom is 0.261 e. The van der Waals surface area contributed by atoms with Crippen LogP contribution in [0.4, 0.5) is 5.69 Å². The third-order valence-corrected chi connectivity index (χ3v) is 5.03. The van der Waals surface area contributed by atoms with Crippen LogP contribution < -0.4 is 9.46 Å². The minimum atomic E-state index is -3.67. The summed E-state index contributed by atoms with van der Waals surface area (Å²) in [5, 5.41) is 2.15. The summed E-state index contributed by atoms with van der Waals surface area (Å²) in [5.74, 6) is 0.530.